The molecule has 0 bridgehead atoms. The molecule has 0 atom stereocenters. The Bertz CT molecular complexity index is 494. The molecule has 0 aromatic carbocycles. The van der Waals surface area contributed by atoms with Gasteiger partial charge in [-0.2, -0.15) is 30.7 Å². The van der Waals surface area contributed by atoms with Crippen LogP contribution in [0.2, 0.25) is 0 Å². The van der Waals surface area contributed by atoms with Crippen LogP contribution in [0.25, 0.3) is 0 Å². The van der Waals surface area contributed by atoms with E-state index in [1.54, 1.807) is 0 Å². The van der Waals surface area contributed by atoms with Gasteiger partial charge in [0.15, 0.2) is 0 Å². The molecule has 0 aromatic rings. The molecule has 0 fully saturated rings. The van der Waals surface area contributed by atoms with Crippen LogP contribution in [0.1, 0.15) is 6.42 Å². The molecule has 0 heterocycles. The number of methoxy groups -OCH3 is 2. The van der Waals surface area contributed by atoms with Gasteiger partial charge in [0.25, 0.3) is 0 Å². The molecule has 0 aliphatic carbocycles. The molecule has 0 saturated carbocycles. The third kappa shape index (κ3) is 3.44. The summed E-state index contributed by atoms with van der Waals surface area (Å²) in [6.45, 7) is 0. The molecule has 0 amide bonds. The van der Waals surface area contributed by atoms with Gasteiger partial charge in [-0.3, -0.25) is 9.59 Å². The molecule has 0 unspecified atom stereocenters. The van der Waals surface area contributed by atoms with Crippen LogP contribution in [-0.2, 0) is 23.9 Å². The van der Waals surface area contributed by atoms with Crippen LogP contribution in [0.3, 0.4) is 0 Å². The van der Waals surface area contributed by atoms with Crippen molar-refractivity contribution in [3.63, 3.8) is 0 Å². The Morgan fingerprint density at radius 1 is 0.870 bits per heavy atom. The number of hydrogen-bond acceptors (Lipinski definition) is 5. The van der Waals surface area contributed by atoms with E-state index in [4.69, 9.17) is 5.11 Å². The van der Waals surface area contributed by atoms with E-state index >= 15 is 0 Å². The van der Waals surface area contributed by atoms with Gasteiger partial charge < -0.3 is 14.6 Å². The maximum atomic E-state index is 13.0. The zero-order chi connectivity index (χ0) is 18.9. The molecule has 0 saturated heterocycles. The van der Waals surface area contributed by atoms with Crippen LogP contribution in [0.15, 0.2) is 0 Å². The SMILES string of the molecule is COC(OC)(C(=O)O)C(=O)CC(=O)C(F)(F)C(F)(F)C(F)(F)F. The minimum absolute atomic E-state index is 0.544. The standard InChI is InChI=1S/C10H9F7O6/c1-22-7(23-2,6(20)21)4(18)3-5(19)8(11,12)9(13,14)10(15,16)17/h3H2,1-2H3,(H,20,21). The summed E-state index contributed by atoms with van der Waals surface area (Å²) in [5, 5.41) is 8.70. The predicted octanol–water partition coefficient (Wildman–Crippen LogP) is 1.42. The van der Waals surface area contributed by atoms with Crippen molar-refractivity contribution >= 4 is 17.5 Å². The highest BCUT2D eigenvalue weighted by atomic mass is 19.4. The fourth-order valence-corrected chi connectivity index (χ4v) is 1.33. The smallest absolute Gasteiger partial charge is 0.460 e. The highest BCUT2D eigenvalue weighted by molar-refractivity contribution is 6.13. The second-order valence-electron chi connectivity index (χ2n) is 4.00. The van der Waals surface area contributed by atoms with Crippen LogP contribution >= 0.6 is 0 Å². The van der Waals surface area contributed by atoms with E-state index < -0.39 is 47.8 Å². The van der Waals surface area contributed by atoms with E-state index in [2.05, 4.69) is 9.47 Å². The Morgan fingerprint density at radius 3 is 1.52 bits per heavy atom. The first kappa shape index (κ1) is 21.2. The molecule has 23 heavy (non-hydrogen) atoms. The fraction of sp³-hybridized carbons (Fsp3) is 0.700. The highest BCUT2D eigenvalue weighted by Gasteiger charge is 2.76. The summed E-state index contributed by atoms with van der Waals surface area (Å²) in [4.78, 5) is 33.3. The van der Waals surface area contributed by atoms with Crippen LogP contribution in [0.5, 0.6) is 0 Å². The van der Waals surface area contributed by atoms with E-state index in [9.17, 15) is 45.1 Å². The van der Waals surface area contributed by atoms with E-state index in [-0.39, 0.29) is 0 Å². The number of ketones is 2. The van der Waals surface area contributed by atoms with Gasteiger partial charge in [0, 0.05) is 14.2 Å². The van der Waals surface area contributed by atoms with Gasteiger partial charge in [-0.25, -0.2) is 4.79 Å². The summed E-state index contributed by atoms with van der Waals surface area (Å²) in [7, 11) is 1.09. The number of carbonyl (C=O) groups excluding carboxylic acids is 2. The molecule has 0 aliphatic heterocycles. The number of ether oxygens (including phenoxy) is 2. The topological polar surface area (TPSA) is 89.9 Å². The first-order chi connectivity index (χ1) is 10.1. The van der Waals surface area contributed by atoms with Crippen LogP contribution in [-0.4, -0.2) is 60.7 Å². The molecule has 1 N–H and O–H groups in total. The van der Waals surface area contributed by atoms with Crippen molar-refractivity contribution in [3.05, 3.63) is 0 Å². The summed E-state index contributed by atoms with van der Waals surface area (Å²) in [5.41, 5.74) is 0. The average molecular weight is 358 g/mol. The first-order valence-electron chi connectivity index (χ1n) is 5.34. The van der Waals surface area contributed by atoms with Crippen molar-refractivity contribution in [2.75, 3.05) is 14.2 Å². The molecule has 13 heteroatoms. The van der Waals surface area contributed by atoms with Crippen molar-refractivity contribution in [1.82, 2.24) is 0 Å². The quantitative estimate of drug-likeness (QED) is 0.401. The Hall–Kier alpha value is -1.76. The summed E-state index contributed by atoms with van der Waals surface area (Å²) < 4.78 is 95.3. The second-order valence-corrected chi connectivity index (χ2v) is 4.00. The van der Waals surface area contributed by atoms with Crippen molar-refractivity contribution in [2.24, 2.45) is 0 Å². The van der Waals surface area contributed by atoms with Gasteiger partial charge in [-0.15, -0.1) is 0 Å². The van der Waals surface area contributed by atoms with E-state index in [1.807, 2.05) is 0 Å². The van der Waals surface area contributed by atoms with Gasteiger partial charge in [0.2, 0.25) is 11.6 Å². The highest BCUT2D eigenvalue weighted by Crippen LogP contribution is 2.47. The zero-order valence-electron chi connectivity index (χ0n) is 11.3. The second kappa shape index (κ2) is 6.39. The lowest BCUT2D eigenvalue weighted by Crippen LogP contribution is -2.58. The predicted molar refractivity (Wildman–Crippen MR) is 55.0 cm³/mol. The van der Waals surface area contributed by atoms with Crippen molar-refractivity contribution in [2.45, 2.75) is 30.2 Å². The number of hydrogen-bond donors (Lipinski definition) is 1. The molecular weight excluding hydrogens is 349 g/mol. The summed E-state index contributed by atoms with van der Waals surface area (Å²) >= 11 is 0. The minimum atomic E-state index is -6.78. The lowest BCUT2D eigenvalue weighted by Gasteiger charge is -2.28. The number of carboxylic acids is 1. The monoisotopic (exact) mass is 358 g/mol. The van der Waals surface area contributed by atoms with E-state index in [0.29, 0.717) is 14.2 Å². The van der Waals surface area contributed by atoms with E-state index in [0.717, 1.165) is 0 Å². The number of carboxylic acid groups (broad SMARTS) is 1. The maximum Gasteiger partial charge on any atom is 0.460 e. The van der Waals surface area contributed by atoms with Gasteiger partial charge in [0.1, 0.15) is 0 Å². The van der Waals surface area contributed by atoms with Crippen LogP contribution < -0.4 is 0 Å². The average Bonchev–Trinajstić information content (AvgIpc) is 2.38. The Morgan fingerprint density at radius 2 is 1.26 bits per heavy atom. The molecule has 0 rings (SSSR count). The molecule has 134 valence electrons. The molecular formula is C10H9F7O6. The molecule has 0 aliphatic rings. The summed E-state index contributed by atoms with van der Waals surface area (Å²) in [6, 6.07) is 0. The number of halogens is 7. The number of rotatable bonds is 8. The van der Waals surface area contributed by atoms with Crippen LogP contribution in [0.4, 0.5) is 30.7 Å². The summed E-state index contributed by atoms with van der Waals surface area (Å²) in [5.74, 6) is -23.8. The van der Waals surface area contributed by atoms with E-state index in [1.165, 1.54) is 0 Å². The zero-order valence-corrected chi connectivity index (χ0v) is 11.3. The van der Waals surface area contributed by atoms with Gasteiger partial charge in [-0.05, 0) is 0 Å². The minimum Gasteiger partial charge on any atom is -0.477 e. The molecule has 0 aromatic heterocycles. The van der Waals surface area contributed by atoms with Crippen molar-refractivity contribution in [3.8, 4) is 0 Å². The molecule has 0 spiro atoms. The Labute approximate surface area is 123 Å². The van der Waals surface area contributed by atoms with Crippen LogP contribution in [0, 0.1) is 0 Å². The Balaban J connectivity index is 5.59. The molecule has 6 nitrogen and oxygen atoms in total. The number of Topliss-reactive ketones (excluding diaryl/α,β-unsaturated/α-hetero) is 2. The number of carbonyl (C=O) groups is 3. The van der Waals surface area contributed by atoms with Gasteiger partial charge in [-0.1, -0.05) is 0 Å². The van der Waals surface area contributed by atoms with Crippen molar-refractivity contribution < 1.29 is 59.7 Å². The third-order valence-electron chi connectivity index (χ3n) is 2.65. The lowest BCUT2D eigenvalue weighted by molar-refractivity contribution is -0.343. The van der Waals surface area contributed by atoms with Crippen molar-refractivity contribution in [1.29, 1.82) is 0 Å². The van der Waals surface area contributed by atoms with Gasteiger partial charge >= 0.3 is 29.8 Å². The normalized spacial score (nSPS) is 13.8. The molecule has 0 radical (unpaired) electrons. The third-order valence-corrected chi connectivity index (χ3v) is 2.65. The number of aliphatic carboxylic acids is 1. The lowest BCUT2D eigenvalue weighted by atomic mass is 9.98. The first-order valence-corrected chi connectivity index (χ1v) is 5.34. The maximum absolute atomic E-state index is 13.0. The summed E-state index contributed by atoms with van der Waals surface area (Å²) in [6.07, 6.45) is -9.08. The Kier molecular flexibility index (Phi) is 5.90. The largest absolute Gasteiger partial charge is 0.477 e. The fourth-order valence-electron chi connectivity index (χ4n) is 1.33. The van der Waals surface area contributed by atoms with Gasteiger partial charge in [0.05, 0.1) is 6.42 Å². The number of alkyl halides is 7.